The number of hydrogen-bond donors (Lipinski definition) is 1. The summed E-state index contributed by atoms with van der Waals surface area (Å²) in [5.74, 6) is 2.13. The third-order valence-electron chi connectivity index (χ3n) is 2.83. The summed E-state index contributed by atoms with van der Waals surface area (Å²) in [6.45, 7) is 6.35. The second kappa shape index (κ2) is 5.13. The molecule has 0 aliphatic rings. The van der Waals surface area contributed by atoms with Crippen LogP contribution in [0.25, 0.3) is 0 Å². The zero-order chi connectivity index (χ0) is 13.1. The van der Waals surface area contributed by atoms with E-state index in [1.807, 2.05) is 37.3 Å². The van der Waals surface area contributed by atoms with Crippen LogP contribution in [-0.2, 0) is 0 Å². The van der Waals surface area contributed by atoms with Gasteiger partial charge in [-0.3, -0.25) is 0 Å². The average Bonchev–Trinajstić information content (AvgIpc) is 2.27. The Morgan fingerprint density at radius 3 is 2.44 bits per heavy atom. The summed E-state index contributed by atoms with van der Waals surface area (Å²) in [6, 6.07) is 13.9. The summed E-state index contributed by atoms with van der Waals surface area (Å²) in [4.78, 5) is 0. The number of ether oxygens (including phenoxy) is 1. The Morgan fingerprint density at radius 1 is 1.00 bits per heavy atom. The molecular weight excluding hydrogens is 222 g/mol. The lowest BCUT2D eigenvalue weighted by Crippen LogP contribution is -1.91. The van der Waals surface area contributed by atoms with Gasteiger partial charge in [0, 0.05) is 11.8 Å². The number of nitrogen functional groups attached to an aromatic ring is 1. The van der Waals surface area contributed by atoms with E-state index in [1.165, 1.54) is 5.56 Å². The van der Waals surface area contributed by atoms with Crippen LogP contribution in [0.4, 0.5) is 5.69 Å². The Morgan fingerprint density at radius 2 is 1.78 bits per heavy atom. The van der Waals surface area contributed by atoms with Crippen molar-refractivity contribution in [1.29, 1.82) is 0 Å². The van der Waals surface area contributed by atoms with E-state index in [4.69, 9.17) is 10.5 Å². The summed E-state index contributed by atoms with van der Waals surface area (Å²) in [7, 11) is 0. The van der Waals surface area contributed by atoms with Gasteiger partial charge in [0.15, 0.2) is 0 Å². The van der Waals surface area contributed by atoms with Gasteiger partial charge in [-0.15, -0.1) is 0 Å². The van der Waals surface area contributed by atoms with E-state index in [0.717, 1.165) is 22.7 Å². The summed E-state index contributed by atoms with van der Waals surface area (Å²) in [6.07, 6.45) is 0. The normalized spacial score (nSPS) is 10.7. The van der Waals surface area contributed by atoms with Gasteiger partial charge in [0.05, 0.1) is 0 Å². The molecule has 2 N–H and O–H groups in total. The first kappa shape index (κ1) is 12.5. The van der Waals surface area contributed by atoms with Crippen molar-refractivity contribution in [2.24, 2.45) is 0 Å². The minimum absolute atomic E-state index is 0.496. The molecule has 2 rings (SSSR count). The molecule has 0 fully saturated rings. The van der Waals surface area contributed by atoms with Crippen molar-refractivity contribution < 1.29 is 4.74 Å². The van der Waals surface area contributed by atoms with Crippen molar-refractivity contribution in [2.45, 2.75) is 26.7 Å². The van der Waals surface area contributed by atoms with Gasteiger partial charge in [-0.05, 0) is 48.2 Å². The van der Waals surface area contributed by atoms with Gasteiger partial charge in [-0.1, -0.05) is 26.0 Å². The maximum atomic E-state index is 5.85. The standard InChI is InChI=1S/C16H19NO/c1-11(2)13-5-4-6-15(9-13)18-16-8-12(3)7-14(17)10-16/h4-11H,17H2,1-3H3. The number of aryl methyl sites for hydroxylation is 1. The fourth-order valence-corrected chi connectivity index (χ4v) is 1.91. The zero-order valence-corrected chi connectivity index (χ0v) is 11.1. The van der Waals surface area contributed by atoms with Gasteiger partial charge >= 0.3 is 0 Å². The first-order valence-electron chi connectivity index (χ1n) is 6.19. The topological polar surface area (TPSA) is 35.2 Å². The Bertz CT molecular complexity index is 526. The van der Waals surface area contributed by atoms with Crippen LogP contribution in [0.5, 0.6) is 11.5 Å². The number of nitrogens with two attached hydrogens (primary N) is 1. The largest absolute Gasteiger partial charge is 0.457 e. The summed E-state index contributed by atoms with van der Waals surface area (Å²) < 4.78 is 5.85. The fourth-order valence-electron chi connectivity index (χ4n) is 1.91. The second-order valence-electron chi connectivity index (χ2n) is 4.91. The number of benzene rings is 2. The number of rotatable bonds is 3. The molecule has 0 saturated carbocycles. The summed E-state index contributed by atoms with van der Waals surface area (Å²) in [5, 5.41) is 0. The van der Waals surface area contributed by atoms with Crippen LogP contribution >= 0.6 is 0 Å². The monoisotopic (exact) mass is 241 g/mol. The van der Waals surface area contributed by atoms with Gasteiger partial charge in [0.25, 0.3) is 0 Å². The van der Waals surface area contributed by atoms with Crippen molar-refractivity contribution in [2.75, 3.05) is 5.73 Å². The number of hydrogen-bond acceptors (Lipinski definition) is 2. The van der Waals surface area contributed by atoms with Gasteiger partial charge in [-0.25, -0.2) is 0 Å². The van der Waals surface area contributed by atoms with E-state index in [-0.39, 0.29) is 0 Å². The van der Waals surface area contributed by atoms with Crippen LogP contribution < -0.4 is 10.5 Å². The van der Waals surface area contributed by atoms with E-state index in [0.29, 0.717) is 5.92 Å². The van der Waals surface area contributed by atoms with Crippen LogP contribution in [-0.4, -0.2) is 0 Å². The Labute approximate surface area is 108 Å². The molecule has 18 heavy (non-hydrogen) atoms. The lowest BCUT2D eigenvalue weighted by atomic mass is 10.0. The highest BCUT2D eigenvalue weighted by atomic mass is 16.5. The summed E-state index contributed by atoms with van der Waals surface area (Å²) in [5.41, 5.74) is 8.91. The van der Waals surface area contributed by atoms with Crippen molar-refractivity contribution >= 4 is 5.69 Å². The first-order chi connectivity index (χ1) is 8.54. The van der Waals surface area contributed by atoms with Crippen LogP contribution in [0.2, 0.25) is 0 Å². The third-order valence-corrected chi connectivity index (χ3v) is 2.83. The van der Waals surface area contributed by atoms with E-state index < -0.39 is 0 Å². The van der Waals surface area contributed by atoms with Crippen molar-refractivity contribution in [3.8, 4) is 11.5 Å². The molecule has 94 valence electrons. The Kier molecular flexibility index (Phi) is 3.56. The van der Waals surface area contributed by atoms with Gasteiger partial charge in [0.1, 0.15) is 11.5 Å². The van der Waals surface area contributed by atoms with Gasteiger partial charge in [-0.2, -0.15) is 0 Å². The highest BCUT2D eigenvalue weighted by Gasteiger charge is 2.03. The lowest BCUT2D eigenvalue weighted by molar-refractivity contribution is 0.481. The number of anilines is 1. The maximum absolute atomic E-state index is 5.85. The van der Waals surface area contributed by atoms with E-state index in [2.05, 4.69) is 26.0 Å². The second-order valence-corrected chi connectivity index (χ2v) is 4.91. The highest BCUT2D eigenvalue weighted by Crippen LogP contribution is 2.27. The predicted octanol–water partition coefficient (Wildman–Crippen LogP) is 4.49. The van der Waals surface area contributed by atoms with E-state index in [1.54, 1.807) is 0 Å². The molecule has 2 nitrogen and oxygen atoms in total. The highest BCUT2D eigenvalue weighted by molar-refractivity contribution is 5.48. The molecule has 0 saturated heterocycles. The molecule has 0 bridgehead atoms. The quantitative estimate of drug-likeness (QED) is 0.803. The Hall–Kier alpha value is -1.96. The van der Waals surface area contributed by atoms with Crippen LogP contribution in [0, 0.1) is 6.92 Å². The summed E-state index contributed by atoms with van der Waals surface area (Å²) >= 11 is 0. The molecule has 0 atom stereocenters. The molecule has 0 spiro atoms. The minimum atomic E-state index is 0.496. The lowest BCUT2D eigenvalue weighted by Gasteiger charge is -2.10. The average molecular weight is 241 g/mol. The van der Waals surface area contributed by atoms with Crippen molar-refractivity contribution in [3.05, 3.63) is 53.6 Å². The van der Waals surface area contributed by atoms with E-state index >= 15 is 0 Å². The molecule has 0 unspecified atom stereocenters. The molecule has 2 heteroatoms. The van der Waals surface area contributed by atoms with Crippen LogP contribution in [0.15, 0.2) is 42.5 Å². The van der Waals surface area contributed by atoms with Crippen molar-refractivity contribution in [1.82, 2.24) is 0 Å². The zero-order valence-electron chi connectivity index (χ0n) is 11.1. The van der Waals surface area contributed by atoms with Gasteiger partial charge in [0.2, 0.25) is 0 Å². The molecular formula is C16H19NO. The molecule has 0 aliphatic heterocycles. The molecule has 0 aromatic heterocycles. The van der Waals surface area contributed by atoms with Gasteiger partial charge < -0.3 is 10.5 Å². The van der Waals surface area contributed by atoms with Crippen LogP contribution in [0.3, 0.4) is 0 Å². The molecule has 2 aromatic rings. The third kappa shape index (κ3) is 3.04. The SMILES string of the molecule is Cc1cc(N)cc(Oc2cccc(C(C)C)c2)c1. The minimum Gasteiger partial charge on any atom is -0.457 e. The van der Waals surface area contributed by atoms with E-state index in [9.17, 15) is 0 Å². The first-order valence-corrected chi connectivity index (χ1v) is 6.19. The molecule has 0 aliphatic carbocycles. The van der Waals surface area contributed by atoms with Crippen LogP contribution in [0.1, 0.15) is 30.9 Å². The molecule has 0 radical (unpaired) electrons. The molecule has 0 heterocycles. The fraction of sp³-hybridized carbons (Fsp3) is 0.250. The Balaban J connectivity index is 2.25. The van der Waals surface area contributed by atoms with Crippen molar-refractivity contribution in [3.63, 3.8) is 0 Å². The smallest absolute Gasteiger partial charge is 0.129 e. The maximum Gasteiger partial charge on any atom is 0.129 e. The molecule has 0 amide bonds. The predicted molar refractivity (Wildman–Crippen MR) is 76.2 cm³/mol. The molecule has 2 aromatic carbocycles.